The van der Waals surface area contributed by atoms with Crippen molar-refractivity contribution in [2.75, 3.05) is 7.11 Å². The molecule has 0 saturated carbocycles. The number of fused-ring (bicyclic) bond motifs is 1. The molecule has 0 unspecified atom stereocenters. The Hall–Kier alpha value is -2.31. The Morgan fingerprint density at radius 2 is 1.90 bits per heavy atom. The maximum Gasteiger partial charge on any atom is 0.490 e. The first-order valence-corrected chi connectivity index (χ1v) is 6.18. The van der Waals surface area contributed by atoms with Gasteiger partial charge >= 0.3 is 7.12 Å². The highest BCUT2D eigenvalue weighted by molar-refractivity contribution is 6.62. The van der Waals surface area contributed by atoms with Crippen LogP contribution in [0.4, 0.5) is 0 Å². The number of methoxy groups -OCH3 is 1. The average Bonchev–Trinajstić information content (AvgIpc) is 2.87. The second-order valence-electron chi connectivity index (χ2n) is 4.38. The van der Waals surface area contributed by atoms with Crippen molar-refractivity contribution < 1.29 is 14.8 Å². The molecule has 2 heterocycles. The Balaban J connectivity index is 2.25. The van der Waals surface area contributed by atoms with Crippen molar-refractivity contribution in [3.63, 3.8) is 0 Å². The molecule has 0 aliphatic rings. The lowest BCUT2D eigenvalue weighted by atomic mass is 9.80. The molecule has 0 fully saturated rings. The highest BCUT2D eigenvalue weighted by Gasteiger charge is 2.19. The topological polar surface area (TPSA) is 67.5 Å². The molecule has 0 spiro atoms. The third kappa shape index (κ3) is 2.05. The Kier molecular flexibility index (Phi) is 3.18. The first-order chi connectivity index (χ1) is 9.70. The molecule has 0 radical (unpaired) electrons. The highest BCUT2D eigenvalue weighted by atomic mass is 16.5. The Morgan fingerprint density at radius 1 is 1.10 bits per heavy atom. The molecule has 6 heteroatoms. The van der Waals surface area contributed by atoms with Gasteiger partial charge in [0, 0.05) is 17.7 Å². The fourth-order valence-electron chi connectivity index (χ4n) is 2.25. The molecule has 3 rings (SSSR count). The summed E-state index contributed by atoms with van der Waals surface area (Å²) >= 11 is 0. The van der Waals surface area contributed by atoms with Gasteiger partial charge in [0.05, 0.1) is 12.6 Å². The molecule has 1 aromatic carbocycles. The van der Waals surface area contributed by atoms with E-state index in [1.807, 2.05) is 41.0 Å². The van der Waals surface area contributed by atoms with Gasteiger partial charge in [0.15, 0.2) is 0 Å². The number of aromatic nitrogens is 2. The van der Waals surface area contributed by atoms with Gasteiger partial charge in [-0.2, -0.15) is 4.98 Å². The van der Waals surface area contributed by atoms with Crippen molar-refractivity contribution in [2.45, 2.75) is 0 Å². The average molecular weight is 268 g/mol. The van der Waals surface area contributed by atoms with E-state index in [0.717, 1.165) is 10.9 Å². The van der Waals surface area contributed by atoms with Crippen LogP contribution in [0.1, 0.15) is 0 Å². The van der Waals surface area contributed by atoms with Crippen LogP contribution in [0, 0.1) is 0 Å². The maximum absolute atomic E-state index is 9.48. The molecule has 0 bridgehead atoms. The van der Waals surface area contributed by atoms with Crippen LogP contribution in [0.15, 0.2) is 48.7 Å². The second-order valence-corrected chi connectivity index (χ2v) is 4.38. The van der Waals surface area contributed by atoms with E-state index in [2.05, 4.69) is 4.98 Å². The normalized spacial score (nSPS) is 10.8. The summed E-state index contributed by atoms with van der Waals surface area (Å²) in [5, 5.41) is 19.7. The quantitative estimate of drug-likeness (QED) is 0.687. The van der Waals surface area contributed by atoms with E-state index in [9.17, 15) is 10.0 Å². The Morgan fingerprint density at radius 3 is 2.65 bits per heavy atom. The van der Waals surface area contributed by atoms with Gasteiger partial charge in [-0.25, -0.2) is 0 Å². The van der Waals surface area contributed by atoms with E-state index in [4.69, 9.17) is 4.74 Å². The van der Waals surface area contributed by atoms with E-state index >= 15 is 0 Å². The summed E-state index contributed by atoms with van der Waals surface area (Å²) in [6, 6.07) is 12.9. The second kappa shape index (κ2) is 4.99. The number of pyridine rings is 1. The van der Waals surface area contributed by atoms with Crippen LogP contribution < -0.4 is 10.2 Å². The minimum atomic E-state index is -1.52. The van der Waals surface area contributed by atoms with Crippen LogP contribution in [0.3, 0.4) is 0 Å². The van der Waals surface area contributed by atoms with Gasteiger partial charge in [0.1, 0.15) is 5.82 Å². The molecule has 0 aliphatic heterocycles. The molecule has 0 aliphatic carbocycles. The van der Waals surface area contributed by atoms with E-state index in [0.29, 0.717) is 17.2 Å². The largest absolute Gasteiger partial charge is 0.490 e. The van der Waals surface area contributed by atoms with E-state index in [1.54, 1.807) is 19.4 Å². The zero-order valence-electron chi connectivity index (χ0n) is 10.9. The zero-order valence-corrected chi connectivity index (χ0v) is 10.9. The molecule has 100 valence electrons. The van der Waals surface area contributed by atoms with Gasteiger partial charge in [-0.05, 0) is 17.5 Å². The van der Waals surface area contributed by atoms with Crippen LogP contribution in [0.5, 0.6) is 5.88 Å². The number of hydrogen-bond acceptors (Lipinski definition) is 4. The molecule has 2 aromatic heterocycles. The van der Waals surface area contributed by atoms with E-state index < -0.39 is 7.12 Å². The predicted octanol–water partition coefficient (Wildman–Crippen LogP) is 0.714. The highest BCUT2D eigenvalue weighted by Crippen LogP contribution is 2.19. The van der Waals surface area contributed by atoms with Crippen LogP contribution in [0.2, 0.25) is 0 Å². The number of hydrogen-bond donors (Lipinski definition) is 2. The Bertz CT molecular complexity index is 755. The first-order valence-electron chi connectivity index (χ1n) is 6.18. The van der Waals surface area contributed by atoms with Crippen LogP contribution >= 0.6 is 0 Å². The maximum atomic E-state index is 9.48. The van der Waals surface area contributed by atoms with E-state index in [-0.39, 0.29) is 0 Å². The standard InChI is InChI=1S/C14H13BN2O3/c1-20-14-8-4-7-13(16-14)17-9-11(15(18)19)10-5-2-3-6-12(10)17/h2-9,18-19H,1H3. The van der Waals surface area contributed by atoms with Crippen molar-refractivity contribution in [3.8, 4) is 11.7 Å². The lowest BCUT2D eigenvalue weighted by Gasteiger charge is -2.06. The zero-order chi connectivity index (χ0) is 14.1. The minimum Gasteiger partial charge on any atom is -0.481 e. The molecule has 2 N–H and O–H groups in total. The van der Waals surface area contributed by atoms with Gasteiger partial charge in [-0.3, -0.25) is 0 Å². The third-order valence-corrected chi connectivity index (χ3v) is 3.19. The molecular weight excluding hydrogens is 255 g/mol. The van der Waals surface area contributed by atoms with E-state index in [1.165, 1.54) is 0 Å². The van der Waals surface area contributed by atoms with Crippen molar-refractivity contribution in [3.05, 3.63) is 48.7 Å². The number of benzene rings is 1. The monoisotopic (exact) mass is 268 g/mol. The lowest BCUT2D eigenvalue weighted by molar-refractivity contribution is 0.397. The van der Waals surface area contributed by atoms with Crippen molar-refractivity contribution in [1.82, 2.24) is 9.55 Å². The summed E-state index contributed by atoms with van der Waals surface area (Å²) in [5.74, 6) is 1.17. The predicted molar refractivity (Wildman–Crippen MR) is 77.4 cm³/mol. The molecule has 5 nitrogen and oxygen atoms in total. The molecule has 3 aromatic rings. The summed E-state index contributed by atoms with van der Waals surface area (Å²) in [7, 11) is 0.0368. The van der Waals surface area contributed by atoms with Gasteiger partial charge in [-0.1, -0.05) is 24.3 Å². The number of ether oxygens (including phenoxy) is 1. The SMILES string of the molecule is COc1cccc(-n2cc(B(O)O)c3ccccc32)n1. The molecule has 20 heavy (non-hydrogen) atoms. The van der Waals surface area contributed by atoms with Gasteiger partial charge < -0.3 is 19.4 Å². The summed E-state index contributed by atoms with van der Waals surface area (Å²) in [6.07, 6.45) is 1.68. The van der Waals surface area contributed by atoms with Crippen molar-refractivity contribution >= 4 is 23.5 Å². The first kappa shape index (κ1) is 12.7. The minimum absolute atomic E-state index is 0.449. The number of rotatable bonds is 3. The van der Waals surface area contributed by atoms with Crippen LogP contribution in [0.25, 0.3) is 16.7 Å². The molecule has 0 saturated heterocycles. The molecule has 0 atom stereocenters. The summed E-state index contributed by atoms with van der Waals surface area (Å²) in [6.45, 7) is 0. The fraction of sp³-hybridized carbons (Fsp3) is 0.0714. The van der Waals surface area contributed by atoms with Gasteiger partial charge in [-0.15, -0.1) is 0 Å². The Labute approximate surface area is 116 Å². The molecular formula is C14H13BN2O3. The smallest absolute Gasteiger partial charge is 0.481 e. The fourth-order valence-corrected chi connectivity index (χ4v) is 2.25. The van der Waals surface area contributed by atoms with Crippen LogP contribution in [-0.2, 0) is 0 Å². The van der Waals surface area contributed by atoms with Crippen LogP contribution in [-0.4, -0.2) is 33.8 Å². The summed E-state index contributed by atoms with van der Waals surface area (Å²) in [5.41, 5.74) is 1.31. The third-order valence-electron chi connectivity index (χ3n) is 3.19. The lowest BCUT2D eigenvalue weighted by Crippen LogP contribution is -2.29. The number of para-hydroxylation sites is 1. The van der Waals surface area contributed by atoms with Crippen molar-refractivity contribution in [1.29, 1.82) is 0 Å². The summed E-state index contributed by atoms with van der Waals surface area (Å²) < 4.78 is 6.93. The van der Waals surface area contributed by atoms with Gasteiger partial charge in [0.2, 0.25) is 5.88 Å². The number of nitrogens with zero attached hydrogens (tertiary/aromatic N) is 2. The van der Waals surface area contributed by atoms with Gasteiger partial charge in [0.25, 0.3) is 0 Å². The summed E-state index contributed by atoms with van der Waals surface area (Å²) in [4.78, 5) is 4.36. The van der Waals surface area contributed by atoms with Crippen molar-refractivity contribution in [2.24, 2.45) is 0 Å². The molecule has 0 amide bonds.